The van der Waals surface area contributed by atoms with Gasteiger partial charge in [0, 0.05) is 46.7 Å². The zero-order valence-electron chi connectivity index (χ0n) is 18.1. The first-order valence-electron chi connectivity index (χ1n) is 10.5. The van der Waals surface area contributed by atoms with Crippen LogP contribution in [-0.4, -0.2) is 22.4 Å². The van der Waals surface area contributed by atoms with Crippen molar-refractivity contribution in [1.82, 2.24) is 15.2 Å². The van der Waals surface area contributed by atoms with Gasteiger partial charge in [-0.3, -0.25) is 20.2 Å². The number of imide groups is 2. The fourth-order valence-electron chi connectivity index (χ4n) is 3.52. The Bertz CT molecular complexity index is 1250. The molecule has 0 bridgehead atoms. The molecule has 1 heterocycles. The van der Waals surface area contributed by atoms with Gasteiger partial charge in [0.25, 0.3) is 5.91 Å². The summed E-state index contributed by atoms with van der Waals surface area (Å²) in [5, 5.41) is 18.5. The number of amides is 4. The van der Waals surface area contributed by atoms with Crippen molar-refractivity contribution >= 4 is 45.3 Å². The van der Waals surface area contributed by atoms with Gasteiger partial charge in [0.15, 0.2) is 0 Å². The number of para-hydroxylation sites is 1. The number of nitrogens with zero attached hydrogens (tertiary/aromatic N) is 2. The number of aryl methyl sites for hydroxylation is 1. The van der Waals surface area contributed by atoms with E-state index in [0.717, 1.165) is 34.8 Å². The third-order valence-corrected chi connectivity index (χ3v) is 5.07. The molecule has 0 saturated carbocycles. The Morgan fingerprint density at radius 1 is 1.03 bits per heavy atom. The second-order valence-corrected chi connectivity index (χ2v) is 7.24. The highest BCUT2D eigenvalue weighted by atomic mass is 16.2. The monoisotopic (exact) mass is 431 g/mol. The van der Waals surface area contributed by atoms with Gasteiger partial charge in [0.1, 0.15) is 11.6 Å². The number of fused-ring (bicyclic) bond motifs is 3. The lowest BCUT2D eigenvalue weighted by atomic mass is 10.1. The predicted octanol–water partition coefficient (Wildman–Crippen LogP) is 4.18. The Labute approximate surface area is 185 Å². The van der Waals surface area contributed by atoms with Crippen molar-refractivity contribution in [3.8, 4) is 6.07 Å². The Hall–Kier alpha value is -4.12. The molecular weight excluding hydrogens is 406 g/mol. The summed E-state index contributed by atoms with van der Waals surface area (Å²) >= 11 is 0. The van der Waals surface area contributed by atoms with Gasteiger partial charge in [-0.2, -0.15) is 5.26 Å². The minimum Gasteiger partial charge on any atom is -0.360 e. The predicted molar refractivity (Wildman–Crippen MR) is 124 cm³/mol. The van der Waals surface area contributed by atoms with Crippen LogP contribution >= 0.6 is 0 Å². The maximum atomic E-state index is 12.2. The van der Waals surface area contributed by atoms with Crippen LogP contribution in [0.2, 0.25) is 0 Å². The van der Waals surface area contributed by atoms with Gasteiger partial charge < -0.3 is 9.88 Å². The van der Waals surface area contributed by atoms with Crippen LogP contribution in [0.3, 0.4) is 0 Å². The molecule has 0 fully saturated rings. The molecule has 0 aliphatic rings. The minimum atomic E-state index is -0.953. The van der Waals surface area contributed by atoms with Gasteiger partial charge in [-0.15, -0.1) is 0 Å². The van der Waals surface area contributed by atoms with E-state index in [1.807, 2.05) is 42.6 Å². The number of rotatable bonds is 7. The molecule has 3 N–H and O–H groups in total. The first-order valence-corrected chi connectivity index (χ1v) is 10.5. The van der Waals surface area contributed by atoms with Crippen LogP contribution in [0.25, 0.3) is 21.8 Å². The van der Waals surface area contributed by atoms with E-state index < -0.39 is 17.8 Å². The highest BCUT2D eigenvalue weighted by Crippen LogP contribution is 2.31. The third-order valence-electron chi connectivity index (χ3n) is 5.07. The molecule has 2 aromatic carbocycles. The summed E-state index contributed by atoms with van der Waals surface area (Å²) in [5.41, 5.74) is 2.62. The van der Waals surface area contributed by atoms with Gasteiger partial charge in [0.2, 0.25) is 5.91 Å². The molecule has 0 unspecified atom stereocenters. The van der Waals surface area contributed by atoms with Crippen molar-refractivity contribution in [3.63, 3.8) is 0 Å². The molecule has 1 aromatic heterocycles. The van der Waals surface area contributed by atoms with E-state index in [9.17, 15) is 19.6 Å². The average molecular weight is 431 g/mol. The zero-order valence-corrected chi connectivity index (χ0v) is 18.1. The van der Waals surface area contributed by atoms with Gasteiger partial charge in [-0.1, -0.05) is 31.5 Å². The number of nitriles is 1. The number of nitrogens with one attached hydrogen (secondary N) is 3. The van der Waals surface area contributed by atoms with E-state index in [4.69, 9.17) is 0 Å². The summed E-state index contributed by atoms with van der Waals surface area (Å²) in [5.74, 6) is -1.37. The molecule has 0 aliphatic carbocycles. The first-order chi connectivity index (χ1) is 15.5. The lowest BCUT2D eigenvalue weighted by molar-refractivity contribution is -0.120. The van der Waals surface area contributed by atoms with Crippen LogP contribution < -0.4 is 16.0 Å². The second-order valence-electron chi connectivity index (χ2n) is 7.24. The van der Waals surface area contributed by atoms with Crippen LogP contribution in [0, 0.1) is 11.3 Å². The largest absolute Gasteiger partial charge is 0.360 e. The number of carbonyl (C=O) groups is 3. The Morgan fingerprint density at radius 2 is 1.78 bits per heavy atom. The number of benzene rings is 2. The summed E-state index contributed by atoms with van der Waals surface area (Å²) in [6.07, 6.45) is 2.88. The van der Waals surface area contributed by atoms with Crippen molar-refractivity contribution in [2.45, 2.75) is 39.7 Å². The van der Waals surface area contributed by atoms with E-state index in [0.29, 0.717) is 12.1 Å². The maximum Gasteiger partial charge on any atom is 0.328 e. The van der Waals surface area contributed by atoms with Gasteiger partial charge in [-0.25, -0.2) is 4.79 Å². The lowest BCUT2D eigenvalue weighted by Gasteiger charge is -2.06. The SMILES string of the molecule is CCCCC(=O)NC(=O)NC(=O)/C(C#N)=C/Nc1ccc2c(c1)c1ccccc1n2CC. The van der Waals surface area contributed by atoms with E-state index in [1.54, 1.807) is 6.07 Å². The van der Waals surface area contributed by atoms with Crippen molar-refractivity contribution in [2.24, 2.45) is 0 Å². The van der Waals surface area contributed by atoms with Gasteiger partial charge in [-0.05, 0) is 37.6 Å². The fraction of sp³-hybridized carbons (Fsp3) is 0.250. The van der Waals surface area contributed by atoms with Crippen LogP contribution in [0.4, 0.5) is 10.5 Å². The Balaban J connectivity index is 1.74. The number of anilines is 1. The first kappa shape index (κ1) is 22.6. The summed E-state index contributed by atoms with van der Waals surface area (Å²) in [7, 11) is 0. The van der Waals surface area contributed by atoms with E-state index in [1.165, 1.54) is 6.20 Å². The molecule has 0 atom stereocenters. The molecule has 8 nitrogen and oxygen atoms in total. The van der Waals surface area contributed by atoms with Crippen LogP contribution in [-0.2, 0) is 16.1 Å². The molecule has 4 amide bonds. The smallest absolute Gasteiger partial charge is 0.328 e. The van der Waals surface area contributed by atoms with E-state index >= 15 is 0 Å². The zero-order chi connectivity index (χ0) is 23.1. The van der Waals surface area contributed by atoms with Gasteiger partial charge >= 0.3 is 6.03 Å². The second kappa shape index (κ2) is 10.3. The highest BCUT2D eigenvalue weighted by molar-refractivity contribution is 6.10. The van der Waals surface area contributed by atoms with Crippen LogP contribution in [0.15, 0.2) is 54.2 Å². The standard InChI is InChI=1S/C24H25N5O3/c1-3-5-10-22(30)27-24(32)28-23(31)16(14-25)15-26-17-11-12-21-19(13-17)18-8-6-7-9-20(18)29(21)4-2/h6-9,11-13,15,26H,3-5,10H2,1-2H3,(H2,27,28,30,31,32)/b16-15+. The van der Waals surface area contributed by atoms with Gasteiger partial charge in [0.05, 0.1) is 0 Å². The Morgan fingerprint density at radius 3 is 2.50 bits per heavy atom. The summed E-state index contributed by atoms with van der Waals surface area (Å²) in [4.78, 5) is 35.6. The molecule has 0 spiro atoms. The van der Waals surface area contributed by atoms with E-state index in [2.05, 4.69) is 34.3 Å². The van der Waals surface area contributed by atoms with E-state index in [-0.39, 0.29) is 12.0 Å². The number of unbranched alkanes of at least 4 members (excludes halogenated alkanes) is 1. The molecule has 32 heavy (non-hydrogen) atoms. The molecule has 0 aliphatic heterocycles. The maximum absolute atomic E-state index is 12.2. The van der Waals surface area contributed by atoms with Crippen LogP contribution in [0.1, 0.15) is 33.1 Å². The highest BCUT2D eigenvalue weighted by Gasteiger charge is 2.15. The fourth-order valence-corrected chi connectivity index (χ4v) is 3.52. The molecule has 3 rings (SSSR count). The average Bonchev–Trinajstić information content (AvgIpc) is 3.11. The Kier molecular flexibility index (Phi) is 7.24. The minimum absolute atomic E-state index is 0.192. The molecule has 164 valence electrons. The number of urea groups is 1. The van der Waals surface area contributed by atoms with Crippen molar-refractivity contribution in [3.05, 3.63) is 54.2 Å². The quantitative estimate of drug-likeness (QED) is 0.383. The summed E-state index contributed by atoms with van der Waals surface area (Å²) in [6.45, 7) is 4.85. The number of aromatic nitrogens is 1. The normalized spacial score (nSPS) is 11.2. The summed E-state index contributed by atoms with van der Waals surface area (Å²) < 4.78 is 2.22. The molecule has 0 saturated heterocycles. The number of hydrogen-bond donors (Lipinski definition) is 3. The topological polar surface area (TPSA) is 116 Å². The molecular formula is C24H25N5O3. The van der Waals surface area contributed by atoms with Crippen molar-refractivity contribution in [1.29, 1.82) is 5.26 Å². The number of hydrogen-bond acceptors (Lipinski definition) is 5. The lowest BCUT2D eigenvalue weighted by Crippen LogP contribution is -2.42. The van der Waals surface area contributed by atoms with Crippen LogP contribution in [0.5, 0.6) is 0 Å². The number of carbonyl (C=O) groups excluding carboxylic acids is 3. The molecule has 3 aromatic rings. The summed E-state index contributed by atoms with van der Waals surface area (Å²) in [6, 6.07) is 14.7. The van der Waals surface area contributed by atoms with Crippen molar-refractivity contribution < 1.29 is 14.4 Å². The van der Waals surface area contributed by atoms with Crippen molar-refractivity contribution in [2.75, 3.05) is 5.32 Å². The third kappa shape index (κ3) is 4.95. The molecule has 8 heteroatoms. The molecule has 0 radical (unpaired) electrons.